The molecule has 8 heteroatoms. The van der Waals surface area contributed by atoms with Crippen molar-refractivity contribution in [3.63, 3.8) is 0 Å². The Morgan fingerprint density at radius 1 is 1.52 bits per heavy atom. The molecule has 0 bridgehead atoms. The Kier molecular flexibility index (Phi) is 3.89. The van der Waals surface area contributed by atoms with Crippen molar-refractivity contribution in [2.24, 2.45) is 7.05 Å². The normalized spacial score (nSPS) is 20.3. The Morgan fingerprint density at radius 3 is 2.91 bits per heavy atom. The van der Waals surface area contributed by atoms with Gasteiger partial charge in [0.1, 0.15) is 4.83 Å². The van der Waals surface area contributed by atoms with Gasteiger partial charge in [-0.2, -0.15) is 0 Å². The Balaban J connectivity index is 2.12. The quantitative estimate of drug-likeness (QED) is 0.833. The summed E-state index contributed by atoms with van der Waals surface area (Å²) >= 11 is 1.48. The number of hydrazine groups is 1. The van der Waals surface area contributed by atoms with E-state index >= 15 is 0 Å². The van der Waals surface area contributed by atoms with Gasteiger partial charge >= 0.3 is 0 Å². The molecule has 0 radical (unpaired) electrons. The maximum Gasteiger partial charge on any atom is 0.263 e. The maximum atomic E-state index is 12.8. The molecular formula is C15H20N4O3S. The summed E-state index contributed by atoms with van der Waals surface area (Å²) in [5.41, 5.74) is 5.84. The number of amides is 1. The van der Waals surface area contributed by atoms with Crippen molar-refractivity contribution in [2.45, 2.75) is 45.8 Å². The van der Waals surface area contributed by atoms with Gasteiger partial charge in [-0.1, -0.05) is 6.92 Å². The van der Waals surface area contributed by atoms with E-state index in [2.05, 4.69) is 29.7 Å². The summed E-state index contributed by atoms with van der Waals surface area (Å²) in [5.74, 6) is 0.0624. The molecule has 2 aromatic rings. The van der Waals surface area contributed by atoms with E-state index in [4.69, 9.17) is 4.74 Å². The van der Waals surface area contributed by atoms with Crippen molar-refractivity contribution < 1.29 is 9.53 Å². The van der Waals surface area contributed by atoms with Gasteiger partial charge in [0, 0.05) is 25.3 Å². The molecule has 0 unspecified atom stereocenters. The second-order valence-electron chi connectivity index (χ2n) is 6.06. The fourth-order valence-electron chi connectivity index (χ4n) is 2.68. The fraction of sp³-hybridized carbons (Fsp3) is 0.533. The first kappa shape index (κ1) is 15.9. The van der Waals surface area contributed by atoms with Crippen LogP contribution in [0.15, 0.2) is 4.79 Å². The average Bonchev–Trinajstić information content (AvgIpc) is 2.86. The van der Waals surface area contributed by atoms with Gasteiger partial charge in [-0.3, -0.25) is 25.0 Å². The molecule has 0 saturated carbocycles. The van der Waals surface area contributed by atoms with E-state index in [0.29, 0.717) is 29.2 Å². The van der Waals surface area contributed by atoms with Crippen molar-refractivity contribution in [2.75, 3.05) is 5.43 Å². The third-order valence-corrected chi connectivity index (χ3v) is 5.42. The molecule has 0 aliphatic carbocycles. The summed E-state index contributed by atoms with van der Waals surface area (Å²) in [6.45, 7) is 6.06. The lowest BCUT2D eigenvalue weighted by atomic mass is 9.90. The van der Waals surface area contributed by atoms with Crippen LogP contribution in [0.4, 0.5) is 5.95 Å². The first-order valence-corrected chi connectivity index (χ1v) is 8.34. The standard InChI is InChI=1S/C15H20N4O3S/c1-5-15(3)6-9-10(7-22-15)23-12-11(9)13(21)19(4)14(16-12)18-17-8(2)20/h5-7H2,1-4H3,(H,16,18)(H,17,20)/t15-/m1/s1. The van der Waals surface area contributed by atoms with Gasteiger partial charge in [0.05, 0.1) is 17.6 Å². The Labute approximate surface area is 137 Å². The lowest BCUT2D eigenvalue weighted by molar-refractivity contribution is -0.118. The molecule has 1 atom stereocenters. The van der Waals surface area contributed by atoms with E-state index < -0.39 is 0 Å². The number of rotatable bonds is 3. The average molecular weight is 336 g/mol. The SMILES string of the molecule is CC[C@]1(C)Cc2c(sc3nc(NNC(C)=O)n(C)c(=O)c23)CO1. The van der Waals surface area contributed by atoms with E-state index in [1.165, 1.54) is 22.8 Å². The molecule has 0 fully saturated rings. The topological polar surface area (TPSA) is 85.3 Å². The third kappa shape index (κ3) is 2.72. The third-order valence-electron chi connectivity index (χ3n) is 4.32. The molecule has 1 amide bonds. The van der Waals surface area contributed by atoms with E-state index in [1.54, 1.807) is 7.05 Å². The highest BCUT2D eigenvalue weighted by atomic mass is 32.1. The van der Waals surface area contributed by atoms with E-state index in [1.807, 2.05) is 0 Å². The summed E-state index contributed by atoms with van der Waals surface area (Å²) < 4.78 is 7.37. The number of ether oxygens (including phenoxy) is 1. The molecular weight excluding hydrogens is 316 g/mol. The number of aromatic nitrogens is 2. The Hall–Kier alpha value is -1.93. The lowest BCUT2D eigenvalue weighted by Crippen LogP contribution is -2.35. The molecule has 1 aliphatic heterocycles. The number of thiophene rings is 1. The molecule has 3 heterocycles. The summed E-state index contributed by atoms with van der Waals surface area (Å²) in [4.78, 5) is 30.0. The van der Waals surface area contributed by atoms with Crippen LogP contribution in [-0.2, 0) is 29.6 Å². The van der Waals surface area contributed by atoms with Crippen LogP contribution in [0.1, 0.15) is 37.6 Å². The van der Waals surface area contributed by atoms with Gasteiger partial charge in [-0.05, 0) is 18.9 Å². The molecule has 0 aromatic carbocycles. The highest BCUT2D eigenvalue weighted by Crippen LogP contribution is 2.38. The van der Waals surface area contributed by atoms with Crippen LogP contribution in [0.5, 0.6) is 0 Å². The highest BCUT2D eigenvalue weighted by molar-refractivity contribution is 7.18. The summed E-state index contributed by atoms with van der Waals surface area (Å²) in [6.07, 6.45) is 1.61. The van der Waals surface area contributed by atoms with Crippen LogP contribution in [0.25, 0.3) is 10.2 Å². The van der Waals surface area contributed by atoms with Gasteiger partial charge in [0.25, 0.3) is 5.56 Å². The van der Waals surface area contributed by atoms with Crippen LogP contribution in [0.3, 0.4) is 0 Å². The maximum absolute atomic E-state index is 12.8. The monoisotopic (exact) mass is 336 g/mol. The van der Waals surface area contributed by atoms with Crippen LogP contribution in [-0.4, -0.2) is 21.1 Å². The number of carbonyl (C=O) groups is 1. The van der Waals surface area contributed by atoms with Gasteiger partial charge in [0.2, 0.25) is 11.9 Å². The zero-order chi connectivity index (χ0) is 16.8. The summed E-state index contributed by atoms with van der Waals surface area (Å²) in [7, 11) is 1.64. The molecule has 7 nitrogen and oxygen atoms in total. The van der Waals surface area contributed by atoms with Crippen molar-refractivity contribution >= 4 is 33.4 Å². The number of carbonyl (C=O) groups excluding carboxylic acids is 1. The number of hydrogen-bond donors (Lipinski definition) is 2. The molecule has 3 rings (SSSR count). The van der Waals surface area contributed by atoms with Gasteiger partial charge in [0.15, 0.2) is 0 Å². The number of hydrogen-bond acceptors (Lipinski definition) is 6. The number of fused-ring (bicyclic) bond motifs is 3. The predicted octanol–water partition coefficient (Wildman–Crippen LogP) is 1.70. The predicted molar refractivity (Wildman–Crippen MR) is 89.5 cm³/mol. The molecule has 1 aliphatic rings. The van der Waals surface area contributed by atoms with E-state index in [9.17, 15) is 9.59 Å². The highest BCUT2D eigenvalue weighted by Gasteiger charge is 2.33. The van der Waals surface area contributed by atoms with Gasteiger partial charge in [-0.25, -0.2) is 4.98 Å². The molecule has 0 saturated heterocycles. The number of nitrogens with one attached hydrogen (secondary N) is 2. The molecule has 2 aromatic heterocycles. The molecule has 0 spiro atoms. The Bertz CT molecular complexity index is 841. The molecule has 23 heavy (non-hydrogen) atoms. The zero-order valence-electron chi connectivity index (χ0n) is 13.6. The van der Waals surface area contributed by atoms with Crippen LogP contribution in [0.2, 0.25) is 0 Å². The molecule has 124 valence electrons. The second-order valence-corrected chi connectivity index (χ2v) is 7.14. The van der Waals surface area contributed by atoms with E-state index in [0.717, 1.165) is 16.9 Å². The van der Waals surface area contributed by atoms with Gasteiger partial charge in [-0.15, -0.1) is 11.3 Å². The first-order chi connectivity index (χ1) is 10.8. The van der Waals surface area contributed by atoms with Gasteiger partial charge < -0.3 is 4.74 Å². The van der Waals surface area contributed by atoms with Crippen LogP contribution >= 0.6 is 11.3 Å². The summed E-state index contributed by atoms with van der Waals surface area (Å²) in [6, 6.07) is 0. The van der Waals surface area contributed by atoms with Crippen molar-refractivity contribution in [3.8, 4) is 0 Å². The largest absolute Gasteiger partial charge is 0.369 e. The minimum atomic E-state index is -0.253. The van der Waals surface area contributed by atoms with Crippen LogP contribution < -0.4 is 16.4 Å². The minimum Gasteiger partial charge on any atom is -0.369 e. The van der Waals surface area contributed by atoms with E-state index in [-0.39, 0.29) is 17.1 Å². The fourth-order valence-corrected chi connectivity index (χ4v) is 3.78. The van der Waals surface area contributed by atoms with Crippen molar-refractivity contribution in [1.82, 2.24) is 15.0 Å². The summed E-state index contributed by atoms with van der Waals surface area (Å²) in [5, 5.41) is 0.670. The first-order valence-electron chi connectivity index (χ1n) is 7.52. The number of nitrogens with zero attached hydrogens (tertiary/aromatic N) is 2. The second kappa shape index (κ2) is 5.61. The minimum absolute atomic E-state index is 0.110. The van der Waals surface area contributed by atoms with Crippen molar-refractivity contribution in [3.05, 3.63) is 20.8 Å². The zero-order valence-corrected chi connectivity index (χ0v) is 14.5. The number of anilines is 1. The lowest BCUT2D eigenvalue weighted by Gasteiger charge is -2.32. The van der Waals surface area contributed by atoms with Crippen molar-refractivity contribution in [1.29, 1.82) is 0 Å². The molecule has 2 N–H and O–H groups in total. The Morgan fingerprint density at radius 2 is 2.26 bits per heavy atom. The van der Waals surface area contributed by atoms with Crippen LogP contribution in [0, 0.1) is 0 Å². The smallest absolute Gasteiger partial charge is 0.263 e.